The molecule has 9 heavy (non-hydrogen) atoms. The monoisotopic (exact) mass is 125 g/mol. The van der Waals surface area contributed by atoms with Crippen LogP contribution < -0.4 is 0 Å². The summed E-state index contributed by atoms with van der Waals surface area (Å²) in [5, 5.41) is 17.3. The zero-order valence-corrected chi connectivity index (χ0v) is 5.59. The van der Waals surface area contributed by atoms with Crippen molar-refractivity contribution in [1.29, 1.82) is 5.26 Å². The highest BCUT2D eigenvalue weighted by atomic mass is 16.3. The first-order valence-electron chi connectivity index (χ1n) is 3.26. The van der Waals surface area contributed by atoms with Crippen LogP contribution in [-0.4, -0.2) is 11.7 Å². The normalized spacial score (nSPS) is 24.6. The molecule has 0 aromatic carbocycles. The molecule has 1 atom stereocenters. The van der Waals surface area contributed by atoms with Crippen LogP contribution in [0.25, 0.3) is 0 Å². The Bertz CT molecular complexity index is 143. The Kier molecular flexibility index (Phi) is 1.46. The van der Waals surface area contributed by atoms with E-state index in [0.29, 0.717) is 0 Å². The second-order valence-corrected chi connectivity index (χ2v) is 2.87. The number of hydrogen-bond acceptors (Lipinski definition) is 2. The van der Waals surface area contributed by atoms with Gasteiger partial charge in [0.2, 0.25) is 0 Å². The second kappa shape index (κ2) is 2.00. The van der Waals surface area contributed by atoms with Crippen LogP contribution in [0.1, 0.15) is 19.8 Å². The molecule has 1 aliphatic carbocycles. The average molecular weight is 125 g/mol. The van der Waals surface area contributed by atoms with Crippen molar-refractivity contribution in [3.63, 3.8) is 0 Å². The predicted octanol–water partition coefficient (Wildman–Crippen LogP) is 0.919. The molecule has 0 saturated heterocycles. The quantitative estimate of drug-likeness (QED) is 0.596. The Labute approximate surface area is 55.1 Å². The van der Waals surface area contributed by atoms with Crippen LogP contribution >= 0.6 is 0 Å². The topological polar surface area (TPSA) is 44.0 Å². The van der Waals surface area contributed by atoms with Crippen molar-refractivity contribution in [2.24, 2.45) is 11.3 Å². The Morgan fingerprint density at radius 2 is 2.33 bits per heavy atom. The number of aliphatic hydroxyl groups is 1. The number of rotatable bonds is 2. The van der Waals surface area contributed by atoms with Gasteiger partial charge in [-0.25, -0.2) is 0 Å². The van der Waals surface area contributed by atoms with Crippen LogP contribution in [0, 0.1) is 22.7 Å². The fourth-order valence-electron chi connectivity index (χ4n) is 1.03. The molecule has 0 spiro atoms. The first-order chi connectivity index (χ1) is 4.25. The van der Waals surface area contributed by atoms with Gasteiger partial charge in [-0.05, 0) is 19.8 Å². The van der Waals surface area contributed by atoms with Gasteiger partial charge in [-0.3, -0.25) is 0 Å². The molecule has 50 valence electrons. The van der Waals surface area contributed by atoms with Crippen molar-refractivity contribution in [2.45, 2.75) is 19.8 Å². The zero-order valence-electron chi connectivity index (χ0n) is 5.59. The van der Waals surface area contributed by atoms with E-state index in [2.05, 4.69) is 6.07 Å². The Morgan fingerprint density at radius 1 is 1.78 bits per heavy atom. The summed E-state index contributed by atoms with van der Waals surface area (Å²) in [6.45, 7) is 2.06. The van der Waals surface area contributed by atoms with E-state index in [9.17, 15) is 0 Å². The van der Waals surface area contributed by atoms with Gasteiger partial charge in [0, 0.05) is 12.0 Å². The smallest absolute Gasteiger partial charge is 0.0659 e. The van der Waals surface area contributed by atoms with E-state index < -0.39 is 0 Å². The van der Waals surface area contributed by atoms with Crippen LogP contribution in [0.2, 0.25) is 0 Å². The SMILES string of the molecule is CC(C#N)C1(CO)CC1. The highest BCUT2D eigenvalue weighted by Gasteiger charge is 2.46. The number of hydrogen-bond donors (Lipinski definition) is 1. The van der Waals surface area contributed by atoms with Crippen molar-refractivity contribution in [1.82, 2.24) is 0 Å². The number of nitriles is 1. The largest absolute Gasteiger partial charge is 0.396 e. The lowest BCUT2D eigenvalue weighted by atomic mass is 9.93. The molecule has 0 amide bonds. The summed E-state index contributed by atoms with van der Waals surface area (Å²) >= 11 is 0. The van der Waals surface area contributed by atoms with Gasteiger partial charge in [0.1, 0.15) is 0 Å². The van der Waals surface area contributed by atoms with Gasteiger partial charge in [0.05, 0.1) is 12.0 Å². The summed E-state index contributed by atoms with van der Waals surface area (Å²) in [5.41, 5.74) is -0.00521. The van der Waals surface area contributed by atoms with E-state index in [-0.39, 0.29) is 17.9 Å². The number of aliphatic hydroxyl groups excluding tert-OH is 1. The zero-order chi connectivity index (χ0) is 6.91. The molecule has 0 radical (unpaired) electrons. The van der Waals surface area contributed by atoms with Gasteiger partial charge in [0.25, 0.3) is 0 Å². The van der Waals surface area contributed by atoms with E-state index in [1.54, 1.807) is 0 Å². The Hall–Kier alpha value is -0.550. The standard InChI is InChI=1S/C7H11NO/c1-6(4-8)7(5-9)2-3-7/h6,9H,2-3,5H2,1H3. The lowest BCUT2D eigenvalue weighted by Crippen LogP contribution is -2.15. The maximum Gasteiger partial charge on any atom is 0.0659 e. The van der Waals surface area contributed by atoms with E-state index in [1.165, 1.54) is 0 Å². The van der Waals surface area contributed by atoms with E-state index in [4.69, 9.17) is 10.4 Å². The molecule has 0 bridgehead atoms. The molecule has 1 unspecified atom stereocenters. The summed E-state index contributed by atoms with van der Waals surface area (Å²) in [6, 6.07) is 2.16. The summed E-state index contributed by atoms with van der Waals surface area (Å²) < 4.78 is 0. The molecular formula is C7H11NO. The van der Waals surface area contributed by atoms with Crippen LogP contribution in [0.15, 0.2) is 0 Å². The minimum atomic E-state index is -0.00521. The summed E-state index contributed by atoms with van der Waals surface area (Å²) in [5.74, 6) is 0.0301. The van der Waals surface area contributed by atoms with Crippen molar-refractivity contribution in [3.05, 3.63) is 0 Å². The summed E-state index contributed by atoms with van der Waals surface area (Å²) in [6.07, 6.45) is 2.05. The molecule has 1 N–H and O–H groups in total. The van der Waals surface area contributed by atoms with Crippen LogP contribution in [-0.2, 0) is 0 Å². The molecule has 1 rings (SSSR count). The first kappa shape index (κ1) is 6.57. The van der Waals surface area contributed by atoms with Gasteiger partial charge in [-0.15, -0.1) is 0 Å². The molecule has 1 aliphatic rings. The third kappa shape index (κ3) is 0.927. The fraction of sp³-hybridized carbons (Fsp3) is 0.857. The van der Waals surface area contributed by atoms with Crippen molar-refractivity contribution in [2.75, 3.05) is 6.61 Å². The van der Waals surface area contributed by atoms with Gasteiger partial charge < -0.3 is 5.11 Å². The molecule has 1 saturated carbocycles. The predicted molar refractivity (Wildman–Crippen MR) is 33.5 cm³/mol. The molecule has 0 aromatic rings. The summed E-state index contributed by atoms with van der Waals surface area (Å²) in [7, 11) is 0. The van der Waals surface area contributed by atoms with E-state index in [1.807, 2.05) is 6.92 Å². The number of nitrogens with zero attached hydrogens (tertiary/aromatic N) is 1. The van der Waals surface area contributed by atoms with Crippen molar-refractivity contribution < 1.29 is 5.11 Å². The van der Waals surface area contributed by atoms with Gasteiger partial charge in [0.15, 0.2) is 0 Å². The Morgan fingerprint density at radius 3 is 2.44 bits per heavy atom. The minimum Gasteiger partial charge on any atom is -0.396 e. The van der Waals surface area contributed by atoms with E-state index in [0.717, 1.165) is 12.8 Å². The molecule has 2 heteroatoms. The Balaban J connectivity index is 2.51. The lowest BCUT2D eigenvalue weighted by Gasteiger charge is -2.12. The third-order valence-electron chi connectivity index (χ3n) is 2.32. The summed E-state index contributed by atoms with van der Waals surface area (Å²) in [4.78, 5) is 0. The van der Waals surface area contributed by atoms with Crippen LogP contribution in [0.4, 0.5) is 0 Å². The van der Waals surface area contributed by atoms with Crippen LogP contribution in [0.5, 0.6) is 0 Å². The lowest BCUT2D eigenvalue weighted by molar-refractivity contribution is 0.185. The van der Waals surface area contributed by atoms with Crippen LogP contribution in [0.3, 0.4) is 0 Å². The maximum absolute atomic E-state index is 8.81. The fourth-order valence-corrected chi connectivity index (χ4v) is 1.03. The molecule has 0 heterocycles. The first-order valence-corrected chi connectivity index (χ1v) is 3.26. The molecule has 2 nitrogen and oxygen atoms in total. The van der Waals surface area contributed by atoms with E-state index >= 15 is 0 Å². The third-order valence-corrected chi connectivity index (χ3v) is 2.32. The van der Waals surface area contributed by atoms with Crippen molar-refractivity contribution >= 4 is 0 Å². The molecule has 0 aromatic heterocycles. The van der Waals surface area contributed by atoms with Gasteiger partial charge in [-0.2, -0.15) is 5.26 Å². The average Bonchev–Trinajstić information content (AvgIpc) is 2.66. The molecular weight excluding hydrogens is 114 g/mol. The highest BCUT2D eigenvalue weighted by molar-refractivity contribution is 5.04. The minimum absolute atomic E-state index is 0.00521. The van der Waals surface area contributed by atoms with Gasteiger partial charge in [-0.1, -0.05) is 0 Å². The highest BCUT2D eigenvalue weighted by Crippen LogP contribution is 2.51. The molecule has 0 aliphatic heterocycles. The maximum atomic E-state index is 8.81. The van der Waals surface area contributed by atoms with Gasteiger partial charge >= 0.3 is 0 Å². The molecule has 1 fully saturated rings. The second-order valence-electron chi connectivity index (χ2n) is 2.87. The van der Waals surface area contributed by atoms with Crippen molar-refractivity contribution in [3.8, 4) is 6.07 Å².